The molecule has 2 N–H and O–H groups in total. The number of aliphatic hydroxyl groups is 1. The van der Waals surface area contributed by atoms with E-state index in [0.29, 0.717) is 25.9 Å². The fourth-order valence-corrected chi connectivity index (χ4v) is 3.35. The van der Waals surface area contributed by atoms with Gasteiger partial charge in [-0.05, 0) is 37.8 Å². The Bertz CT molecular complexity index is 668. The molecule has 128 valence electrons. The van der Waals surface area contributed by atoms with E-state index in [9.17, 15) is 9.90 Å². The van der Waals surface area contributed by atoms with Crippen LogP contribution in [-0.4, -0.2) is 45.3 Å². The number of amides is 1. The summed E-state index contributed by atoms with van der Waals surface area (Å²) in [6.07, 6.45) is 2.55. The molecule has 0 saturated carbocycles. The molecule has 3 rings (SSSR count). The summed E-state index contributed by atoms with van der Waals surface area (Å²) in [4.78, 5) is 14.2. The van der Waals surface area contributed by atoms with Crippen molar-refractivity contribution >= 4 is 5.91 Å². The third-order valence-electron chi connectivity index (χ3n) is 4.69. The summed E-state index contributed by atoms with van der Waals surface area (Å²) in [6.45, 7) is 3.03. The van der Waals surface area contributed by atoms with Gasteiger partial charge in [-0.2, -0.15) is 5.10 Å². The lowest BCUT2D eigenvalue weighted by Crippen LogP contribution is -2.29. The van der Waals surface area contributed by atoms with Crippen LogP contribution in [-0.2, 0) is 17.6 Å². The summed E-state index contributed by atoms with van der Waals surface area (Å²) < 4.78 is 0. The van der Waals surface area contributed by atoms with Gasteiger partial charge in [-0.1, -0.05) is 30.3 Å². The number of likely N-dealkylation sites (tertiary alicyclic amines) is 1. The van der Waals surface area contributed by atoms with Gasteiger partial charge >= 0.3 is 0 Å². The highest BCUT2D eigenvalue weighted by atomic mass is 16.3. The highest BCUT2D eigenvalue weighted by Gasteiger charge is 2.34. The number of rotatable bonds is 6. The maximum Gasteiger partial charge on any atom is 0.222 e. The number of benzene rings is 1. The Kier molecular flexibility index (Phi) is 5.30. The molecule has 1 aromatic carbocycles. The maximum absolute atomic E-state index is 12.4. The zero-order valence-corrected chi connectivity index (χ0v) is 14.1. The van der Waals surface area contributed by atoms with Crippen molar-refractivity contribution in [2.45, 2.75) is 38.7 Å². The normalized spacial score (nSPS) is 20.5. The van der Waals surface area contributed by atoms with Crippen molar-refractivity contribution in [1.82, 2.24) is 15.1 Å². The van der Waals surface area contributed by atoms with Crippen molar-refractivity contribution in [3.05, 3.63) is 53.3 Å². The van der Waals surface area contributed by atoms with E-state index >= 15 is 0 Å². The second-order valence-corrected chi connectivity index (χ2v) is 6.71. The van der Waals surface area contributed by atoms with Crippen LogP contribution in [0.4, 0.5) is 0 Å². The average Bonchev–Trinajstić information content (AvgIpc) is 3.15. The maximum atomic E-state index is 12.4. The van der Waals surface area contributed by atoms with E-state index in [1.54, 1.807) is 4.90 Å². The number of H-pyrrole nitrogens is 1. The predicted octanol–water partition coefficient (Wildman–Crippen LogP) is 2.10. The van der Waals surface area contributed by atoms with Crippen LogP contribution in [0.15, 0.2) is 36.4 Å². The quantitative estimate of drug-likeness (QED) is 0.854. The van der Waals surface area contributed by atoms with Gasteiger partial charge < -0.3 is 10.0 Å². The van der Waals surface area contributed by atoms with Crippen molar-refractivity contribution in [3.8, 4) is 0 Å². The Labute approximate surface area is 142 Å². The molecule has 0 spiro atoms. The third-order valence-corrected chi connectivity index (χ3v) is 4.69. The number of aromatic amines is 1. The molecule has 1 aromatic heterocycles. The van der Waals surface area contributed by atoms with Crippen LogP contribution in [0.1, 0.15) is 29.8 Å². The minimum atomic E-state index is -0.458. The number of hydrogen-bond acceptors (Lipinski definition) is 3. The average molecular weight is 327 g/mol. The summed E-state index contributed by atoms with van der Waals surface area (Å²) in [5, 5.41) is 17.4. The third kappa shape index (κ3) is 4.23. The first-order valence-electron chi connectivity index (χ1n) is 8.62. The van der Waals surface area contributed by atoms with Gasteiger partial charge in [-0.25, -0.2) is 0 Å². The number of carbonyl (C=O) groups excluding carboxylic acids is 1. The number of hydrogen-bond donors (Lipinski definition) is 2. The predicted molar refractivity (Wildman–Crippen MR) is 92.5 cm³/mol. The molecule has 1 fully saturated rings. The first-order valence-corrected chi connectivity index (χ1v) is 8.62. The van der Waals surface area contributed by atoms with Crippen LogP contribution >= 0.6 is 0 Å². The van der Waals surface area contributed by atoms with Crippen molar-refractivity contribution in [2.24, 2.45) is 5.92 Å². The first kappa shape index (κ1) is 16.7. The highest BCUT2D eigenvalue weighted by molar-refractivity contribution is 5.76. The second kappa shape index (κ2) is 7.62. The molecule has 1 amide bonds. The first-order chi connectivity index (χ1) is 11.6. The van der Waals surface area contributed by atoms with Gasteiger partial charge in [0.15, 0.2) is 0 Å². The van der Waals surface area contributed by atoms with Gasteiger partial charge in [0.2, 0.25) is 5.91 Å². The molecular formula is C19H25N3O2. The number of aliphatic hydroxyl groups excluding tert-OH is 1. The highest BCUT2D eigenvalue weighted by Crippen LogP contribution is 2.22. The van der Waals surface area contributed by atoms with Crippen LogP contribution in [0.5, 0.6) is 0 Å². The zero-order valence-electron chi connectivity index (χ0n) is 14.1. The standard InChI is InChI=1S/C19H25N3O2/c1-14-10-17(21-20-14)11-16-12-22(13-18(16)23)19(24)9-5-8-15-6-3-2-4-7-15/h2-4,6-7,10,16,18,23H,5,8-9,11-13H2,1H3,(H,20,21)/t16-,18-/m1/s1. The number of β-amino-alcohol motifs (C(OH)–C–C–N with tert-alkyl or cyclic N) is 1. The lowest BCUT2D eigenvalue weighted by molar-refractivity contribution is -0.130. The molecule has 5 nitrogen and oxygen atoms in total. The molecule has 2 atom stereocenters. The number of aromatic nitrogens is 2. The number of carbonyl (C=O) groups is 1. The largest absolute Gasteiger partial charge is 0.391 e. The molecule has 24 heavy (non-hydrogen) atoms. The fraction of sp³-hybridized carbons (Fsp3) is 0.474. The van der Waals surface area contributed by atoms with Crippen LogP contribution in [0, 0.1) is 12.8 Å². The molecule has 2 aromatic rings. The molecule has 0 bridgehead atoms. The van der Waals surface area contributed by atoms with Crippen LogP contribution in [0.2, 0.25) is 0 Å². The van der Waals surface area contributed by atoms with Gasteiger partial charge in [-0.3, -0.25) is 9.89 Å². The minimum Gasteiger partial charge on any atom is -0.391 e. The number of nitrogens with zero attached hydrogens (tertiary/aromatic N) is 2. The lowest BCUT2D eigenvalue weighted by Gasteiger charge is -2.16. The van der Waals surface area contributed by atoms with Gasteiger partial charge in [0.05, 0.1) is 11.8 Å². The van der Waals surface area contributed by atoms with Crippen LogP contribution in [0.25, 0.3) is 0 Å². The Balaban J connectivity index is 1.46. The summed E-state index contributed by atoms with van der Waals surface area (Å²) in [5.74, 6) is 0.219. The van der Waals surface area contributed by atoms with Crippen molar-refractivity contribution in [3.63, 3.8) is 0 Å². The van der Waals surface area contributed by atoms with Crippen molar-refractivity contribution in [1.29, 1.82) is 0 Å². The van der Waals surface area contributed by atoms with Gasteiger partial charge in [0.25, 0.3) is 0 Å². The monoisotopic (exact) mass is 327 g/mol. The number of aryl methyl sites for hydroxylation is 2. The molecule has 2 heterocycles. The lowest BCUT2D eigenvalue weighted by atomic mass is 10.0. The summed E-state index contributed by atoms with van der Waals surface area (Å²) in [5.41, 5.74) is 3.24. The Hall–Kier alpha value is -2.14. The van der Waals surface area contributed by atoms with Crippen LogP contribution < -0.4 is 0 Å². The number of nitrogens with one attached hydrogen (secondary N) is 1. The minimum absolute atomic E-state index is 0.0748. The topological polar surface area (TPSA) is 69.2 Å². The molecule has 0 radical (unpaired) electrons. The zero-order chi connectivity index (χ0) is 16.9. The van der Waals surface area contributed by atoms with Gasteiger partial charge in [-0.15, -0.1) is 0 Å². The van der Waals surface area contributed by atoms with E-state index in [2.05, 4.69) is 22.3 Å². The molecule has 0 unspecified atom stereocenters. The molecule has 5 heteroatoms. The molecule has 1 saturated heterocycles. The second-order valence-electron chi connectivity index (χ2n) is 6.71. The molecule has 0 aliphatic carbocycles. The fourth-order valence-electron chi connectivity index (χ4n) is 3.35. The van der Waals surface area contributed by atoms with Gasteiger partial charge in [0.1, 0.15) is 0 Å². The van der Waals surface area contributed by atoms with Crippen molar-refractivity contribution < 1.29 is 9.90 Å². The Morgan fingerprint density at radius 1 is 1.33 bits per heavy atom. The van der Waals surface area contributed by atoms with E-state index in [0.717, 1.165) is 24.2 Å². The SMILES string of the molecule is Cc1cc(C[C@@H]2CN(C(=O)CCCc3ccccc3)C[C@H]2O)n[nH]1. The van der Waals surface area contributed by atoms with Crippen molar-refractivity contribution in [2.75, 3.05) is 13.1 Å². The summed E-state index contributed by atoms with van der Waals surface area (Å²) in [7, 11) is 0. The van der Waals surface area contributed by atoms with E-state index in [1.165, 1.54) is 5.56 Å². The van der Waals surface area contributed by atoms with E-state index in [-0.39, 0.29) is 11.8 Å². The molecule has 1 aliphatic rings. The Morgan fingerprint density at radius 2 is 2.12 bits per heavy atom. The van der Waals surface area contributed by atoms with Gasteiger partial charge in [0, 0.05) is 31.1 Å². The van der Waals surface area contributed by atoms with E-state index < -0.39 is 6.10 Å². The van der Waals surface area contributed by atoms with Crippen LogP contribution in [0.3, 0.4) is 0 Å². The summed E-state index contributed by atoms with van der Waals surface area (Å²) in [6, 6.07) is 12.2. The van der Waals surface area contributed by atoms with E-state index in [4.69, 9.17) is 0 Å². The summed E-state index contributed by atoms with van der Waals surface area (Å²) >= 11 is 0. The molecule has 1 aliphatic heterocycles. The van der Waals surface area contributed by atoms with E-state index in [1.807, 2.05) is 31.2 Å². The molecular weight excluding hydrogens is 302 g/mol. The Morgan fingerprint density at radius 3 is 2.83 bits per heavy atom. The smallest absolute Gasteiger partial charge is 0.222 e.